The van der Waals surface area contributed by atoms with Gasteiger partial charge in [0.25, 0.3) is 5.91 Å². The molecule has 0 radical (unpaired) electrons. The fraction of sp³-hybridized carbons (Fsp3) is 0.300. The fourth-order valence-corrected chi connectivity index (χ4v) is 1.11. The highest BCUT2D eigenvalue weighted by molar-refractivity contribution is 5.95. The summed E-state index contributed by atoms with van der Waals surface area (Å²) in [5, 5.41) is 2.73. The molecule has 0 bridgehead atoms. The molecule has 0 aromatic heterocycles. The number of carbonyl (C=O) groups is 1. The minimum atomic E-state index is -0.0523. The maximum absolute atomic E-state index is 11.5. The van der Waals surface area contributed by atoms with Crippen LogP contribution in [0.3, 0.4) is 0 Å². The van der Waals surface area contributed by atoms with Crippen molar-refractivity contribution in [2.45, 2.75) is 6.92 Å². The Labute approximate surface area is 77.9 Å². The number of nitrogens with two attached hydrogens (primary N) is 1. The van der Waals surface area contributed by atoms with Crippen LogP contribution in [0, 0.1) is 6.92 Å². The number of rotatable bonds is 3. The zero-order valence-corrected chi connectivity index (χ0v) is 7.71. The van der Waals surface area contributed by atoms with Gasteiger partial charge in [0.2, 0.25) is 0 Å². The minimum absolute atomic E-state index is 0.0523. The number of aryl methyl sites for hydroxylation is 1. The van der Waals surface area contributed by atoms with Gasteiger partial charge in [0, 0.05) is 18.7 Å². The lowest BCUT2D eigenvalue weighted by atomic mass is 10.1. The van der Waals surface area contributed by atoms with Gasteiger partial charge in [-0.1, -0.05) is 18.2 Å². The number of hydrogen-bond donors (Lipinski definition) is 2. The Hall–Kier alpha value is -1.35. The quantitative estimate of drug-likeness (QED) is 0.715. The topological polar surface area (TPSA) is 55.1 Å². The van der Waals surface area contributed by atoms with Crippen LogP contribution in [0.5, 0.6) is 0 Å². The van der Waals surface area contributed by atoms with Crippen molar-refractivity contribution in [3.63, 3.8) is 0 Å². The molecule has 0 aliphatic rings. The lowest BCUT2D eigenvalue weighted by molar-refractivity contribution is 0.0954. The minimum Gasteiger partial charge on any atom is -0.351 e. The van der Waals surface area contributed by atoms with Gasteiger partial charge in [0.05, 0.1) is 0 Å². The first-order valence-corrected chi connectivity index (χ1v) is 4.29. The molecule has 0 unspecified atom stereocenters. The molecule has 0 fully saturated rings. The summed E-state index contributed by atoms with van der Waals surface area (Å²) in [4.78, 5) is 11.5. The normalized spacial score (nSPS) is 9.69. The second kappa shape index (κ2) is 4.62. The Kier molecular flexibility index (Phi) is 3.46. The van der Waals surface area contributed by atoms with Gasteiger partial charge in [0.1, 0.15) is 0 Å². The van der Waals surface area contributed by atoms with E-state index in [1.165, 1.54) is 0 Å². The molecular weight excluding hydrogens is 164 g/mol. The number of amides is 1. The SMILES string of the molecule is Cc1ccccc1C(=O)NCCN. The van der Waals surface area contributed by atoms with E-state index in [0.717, 1.165) is 11.1 Å². The van der Waals surface area contributed by atoms with E-state index < -0.39 is 0 Å². The molecule has 13 heavy (non-hydrogen) atoms. The largest absolute Gasteiger partial charge is 0.351 e. The van der Waals surface area contributed by atoms with Crippen LogP contribution in [0.2, 0.25) is 0 Å². The summed E-state index contributed by atoms with van der Waals surface area (Å²) in [5.74, 6) is -0.0523. The van der Waals surface area contributed by atoms with E-state index in [1.54, 1.807) is 6.07 Å². The maximum atomic E-state index is 11.5. The van der Waals surface area contributed by atoms with Gasteiger partial charge >= 0.3 is 0 Å². The fourth-order valence-electron chi connectivity index (χ4n) is 1.11. The first-order chi connectivity index (χ1) is 6.25. The highest BCUT2D eigenvalue weighted by atomic mass is 16.1. The average Bonchev–Trinajstić information content (AvgIpc) is 2.15. The summed E-state index contributed by atoms with van der Waals surface area (Å²) in [6.45, 7) is 2.90. The van der Waals surface area contributed by atoms with Crippen LogP contribution in [-0.2, 0) is 0 Å². The van der Waals surface area contributed by atoms with Crippen LogP contribution in [0.1, 0.15) is 15.9 Å². The van der Waals surface area contributed by atoms with E-state index in [0.29, 0.717) is 13.1 Å². The predicted molar refractivity (Wildman–Crippen MR) is 52.6 cm³/mol. The van der Waals surface area contributed by atoms with Crippen molar-refractivity contribution >= 4 is 5.91 Å². The number of nitrogens with one attached hydrogen (secondary N) is 1. The lowest BCUT2D eigenvalue weighted by Crippen LogP contribution is -2.29. The summed E-state index contributed by atoms with van der Waals surface area (Å²) in [7, 11) is 0. The number of hydrogen-bond acceptors (Lipinski definition) is 2. The van der Waals surface area contributed by atoms with E-state index in [1.807, 2.05) is 25.1 Å². The summed E-state index contributed by atoms with van der Waals surface area (Å²) in [5.41, 5.74) is 6.98. The molecule has 1 amide bonds. The van der Waals surface area contributed by atoms with Gasteiger partial charge in [0.15, 0.2) is 0 Å². The second-order valence-corrected chi connectivity index (χ2v) is 2.86. The van der Waals surface area contributed by atoms with Gasteiger partial charge in [-0.3, -0.25) is 4.79 Å². The van der Waals surface area contributed by atoms with Crippen molar-refractivity contribution in [3.05, 3.63) is 35.4 Å². The van der Waals surface area contributed by atoms with Crippen LogP contribution in [0.25, 0.3) is 0 Å². The third-order valence-electron chi connectivity index (χ3n) is 1.82. The highest BCUT2D eigenvalue weighted by Crippen LogP contribution is 2.05. The Bertz CT molecular complexity index is 297. The Morgan fingerprint density at radius 1 is 1.46 bits per heavy atom. The average molecular weight is 178 g/mol. The molecule has 70 valence electrons. The van der Waals surface area contributed by atoms with Crippen LogP contribution < -0.4 is 11.1 Å². The van der Waals surface area contributed by atoms with Crippen LogP contribution >= 0.6 is 0 Å². The Balaban J connectivity index is 2.71. The maximum Gasteiger partial charge on any atom is 0.251 e. The van der Waals surface area contributed by atoms with Gasteiger partial charge in [-0.15, -0.1) is 0 Å². The molecule has 3 heteroatoms. The van der Waals surface area contributed by atoms with Gasteiger partial charge in [-0.25, -0.2) is 0 Å². The molecule has 3 nitrogen and oxygen atoms in total. The van der Waals surface area contributed by atoms with Gasteiger partial charge < -0.3 is 11.1 Å². The van der Waals surface area contributed by atoms with E-state index in [4.69, 9.17) is 5.73 Å². The van der Waals surface area contributed by atoms with Crippen molar-refractivity contribution in [1.29, 1.82) is 0 Å². The van der Waals surface area contributed by atoms with E-state index >= 15 is 0 Å². The standard InChI is InChI=1S/C10H14N2O/c1-8-4-2-3-5-9(8)10(13)12-7-6-11/h2-5H,6-7,11H2,1H3,(H,12,13). The van der Waals surface area contributed by atoms with Crippen LogP contribution in [0.15, 0.2) is 24.3 Å². The molecule has 0 atom stereocenters. The highest BCUT2D eigenvalue weighted by Gasteiger charge is 2.05. The lowest BCUT2D eigenvalue weighted by Gasteiger charge is -2.05. The summed E-state index contributed by atoms with van der Waals surface area (Å²) in [6.07, 6.45) is 0. The molecule has 0 aliphatic carbocycles. The van der Waals surface area contributed by atoms with Crippen molar-refractivity contribution in [2.75, 3.05) is 13.1 Å². The van der Waals surface area contributed by atoms with Gasteiger partial charge in [-0.05, 0) is 18.6 Å². The van der Waals surface area contributed by atoms with Crippen molar-refractivity contribution in [1.82, 2.24) is 5.32 Å². The molecular formula is C10H14N2O. The smallest absolute Gasteiger partial charge is 0.251 e. The zero-order valence-electron chi connectivity index (χ0n) is 7.71. The van der Waals surface area contributed by atoms with E-state index in [2.05, 4.69) is 5.32 Å². The second-order valence-electron chi connectivity index (χ2n) is 2.86. The Morgan fingerprint density at radius 2 is 2.15 bits per heavy atom. The third-order valence-corrected chi connectivity index (χ3v) is 1.82. The van der Waals surface area contributed by atoms with Crippen molar-refractivity contribution in [3.8, 4) is 0 Å². The Morgan fingerprint density at radius 3 is 2.77 bits per heavy atom. The summed E-state index contributed by atoms with van der Waals surface area (Å²) in [6, 6.07) is 7.48. The number of benzene rings is 1. The monoisotopic (exact) mass is 178 g/mol. The molecule has 3 N–H and O–H groups in total. The van der Waals surface area contributed by atoms with Crippen molar-refractivity contribution in [2.24, 2.45) is 5.73 Å². The number of carbonyl (C=O) groups excluding carboxylic acids is 1. The van der Waals surface area contributed by atoms with Crippen LogP contribution in [0.4, 0.5) is 0 Å². The molecule has 1 aromatic carbocycles. The van der Waals surface area contributed by atoms with Crippen LogP contribution in [-0.4, -0.2) is 19.0 Å². The van der Waals surface area contributed by atoms with E-state index in [-0.39, 0.29) is 5.91 Å². The van der Waals surface area contributed by atoms with Crippen molar-refractivity contribution < 1.29 is 4.79 Å². The summed E-state index contributed by atoms with van der Waals surface area (Å²) >= 11 is 0. The predicted octanol–water partition coefficient (Wildman–Crippen LogP) is 0.684. The molecule has 1 aromatic rings. The molecule has 0 saturated heterocycles. The molecule has 0 heterocycles. The first-order valence-electron chi connectivity index (χ1n) is 4.29. The zero-order chi connectivity index (χ0) is 9.68. The molecule has 0 saturated carbocycles. The summed E-state index contributed by atoms with van der Waals surface area (Å²) < 4.78 is 0. The first kappa shape index (κ1) is 9.74. The van der Waals surface area contributed by atoms with Gasteiger partial charge in [-0.2, -0.15) is 0 Å². The van der Waals surface area contributed by atoms with E-state index in [9.17, 15) is 4.79 Å². The molecule has 0 aliphatic heterocycles. The molecule has 1 rings (SSSR count). The molecule has 0 spiro atoms. The third kappa shape index (κ3) is 2.56.